The molecular weight excluding hydrogens is 462 g/mol. The van der Waals surface area contributed by atoms with Crippen molar-refractivity contribution >= 4 is 29.4 Å². The lowest BCUT2D eigenvalue weighted by molar-refractivity contribution is -0.152. The number of imide groups is 1. The average molecular weight is 500 g/mol. The lowest BCUT2D eigenvalue weighted by Crippen LogP contribution is -2.49. The summed E-state index contributed by atoms with van der Waals surface area (Å²) in [7, 11) is 1.56. The van der Waals surface area contributed by atoms with Gasteiger partial charge in [-0.2, -0.15) is 0 Å². The number of likely N-dealkylation sites (tertiary alicyclic amines) is 1. The maximum atomic E-state index is 13.5. The first kappa shape index (κ1) is 26.1. The van der Waals surface area contributed by atoms with Crippen molar-refractivity contribution in [2.24, 2.45) is 11.8 Å². The van der Waals surface area contributed by atoms with Crippen LogP contribution in [0.3, 0.4) is 0 Å². The van der Waals surface area contributed by atoms with Gasteiger partial charge in [-0.1, -0.05) is 6.07 Å². The molecule has 36 heavy (non-hydrogen) atoms. The lowest BCUT2D eigenvalue weighted by atomic mass is 9.92. The van der Waals surface area contributed by atoms with Crippen LogP contribution >= 0.6 is 0 Å². The van der Waals surface area contributed by atoms with Crippen LogP contribution in [-0.2, 0) is 19.1 Å². The van der Waals surface area contributed by atoms with E-state index in [-0.39, 0.29) is 42.1 Å². The molecule has 196 valence electrons. The molecule has 4 rings (SSSR count). The highest BCUT2D eigenvalue weighted by atomic mass is 16.5. The molecule has 2 atom stereocenters. The van der Waals surface area contributed by atoms with E-state index in [0.29, 0.717) is 49.6 Å². The van der Waals surface area contributed by atoms with Crippen molar-refractivity contribution in [3.8, 4) is 0 Å². The van der Waals surface area contributed by atoms with Gasteiger partial charge in [-0.25, -0.2) is 0 Å². The van der Waals surface area contributed by atoms with Crippen molar-refractivity contribution < 1.29 is 28.7 Å². The zero-order valence-corrected chi connectivity index (χ0v) is 21.7. The minimum absolute atomic E-state index is 0.0483. The first-order valence-corrected chi connectivity index (χ1v) is 12.9. The van der Waals surface area contributed by atoms with E-state index in [4.69, 9.17) is 9.47 Å². The van der Waals surface area contributed by atoms with Gasteiger partial charge in [-0.15, -0.1) is 0 Å². The fourth-order valence-corrected chi connectivity index (χ4v) is 5.45. The molecule has 3 amide bonds. The van der Waals surface area contributed by atoms with E-state index >= 15 is 0 Å². The Morgan fingerprint density at radius 3 is 2.47 bits per heavy atom. The summed E-state index contributed by atoms with van der Waals surface area (Å²) in [6.07, 6.45) is 3.08. The van der Waals surface area contributed by atoms with Crippen molar-refractivity contribution in [1.82, 2.24) is 9.80 Å². The average Bonchev–Trinajstić information content (AvgIpc) is 3.13. The van der Waals surface area contributed by atoms with Gasteiger partial charge in [-0.3, -0.25) is 24.1 Å². The summed E-state index contributed by atoms with van der Waals surface area (Å²) in [6, 6.07) is 5.35. The Hall–Kier alpha value is -2.94. The summed E-state index contributed by atoms with van der Waals surface area (Å²) in [4.78, 5) is 57.3. The van der Waals surface area contributed by atoms with Crippen LogP contribution in [0.1, 0.15) is 67.2 Å². The molecule has 0 saturated carbocycles. The van der Waals surface area contributed by atoms with Gasteiger partial charge in [0.2, 0.25) is 5.91 Å². The van der Waals surface area contributed by atoms with E-state index in [1.807, 2.05) is 19.9 Å². The van der Waals surface area contributed by atoms with Gasteiger partial charge in [0.1, 0.15) is 0 Å². The molecule has 9 heteroatoms. The fraction of sp³-hybridized carbons (Fsp3) is 0.630. The number of carbonyl (C=O) groups is 4. The number of benzene rings is 1. The van der Waals surface area contributed by atoms with Crippen LogP contribution in [0, 0.1) is 11.8 Å². The predicted molar refractivity (Wildman–Crippen MR) is 134 cm³/mol. The molecule has 2 saturated heterocycles. The maximum absolute atomic E-state index is 13.5. The van der Waals surface area contributed by atoms with Crippen LogP contribution in [0.4, 0.5) is 5.69 Å². The fourth-order valence-electron chi connectivity index (χ4n) is 5.45. The number of esters is 1. The summed E-state index contributed by atoms with van der Waals surface area (Å²) in [6.45, 7) is 8.18. The minimum atomic E-state index is -0.661. The first-order chi connectivity index (χ1) is 17.2. The number of anilines is 1. The molecule has 3 heterocycles. The Bertz CT molecular complexity index is 1040. The first-order valence-electron chi connectivity index (χ1n) is 12.9. The zero-order valence-electron chi connectivity index (χ0n) is 21.7. The van der Waals surface area contributed by atoms with Crippen molar-refractivity contribution in [2.75, 3.05) is 51.3 Å². The third-order valence-corrected chi connectivity index (χ3v) is 7.53. The molecule has 3 aliphatic heterocycles. The second kappa shape index (κ2) is 10.6. The Morgan fingerprint density at radius 2 is 1.75 bits per heavy atom. The van der Waals surface area contributed by atoms with Crippen molar-refractivity contribution in [2.45, 2.75) is 52.1 Å². The third-order valence-electron chi connectivity index (χ3n) is 7.53. The maximum Gasteiger partial charge on any atom is 0.310 e. The molecule has 3 aliphatic rings. The summed E-state index contributed by atoms with van der Waals surface area (Å²) in [5, 5.41) is 0. The van der Waals surface area contributed by atoms with E-state index in [0.717, 1.165) is 25.7 Å². The molecule has 0 radical (unpaired) electrons. The smallest absolute Gasteiger partial charge is 0.310 e. The minimum Gasteiger partial charge on any atom is -0.466 e. The Balaban J connectivity index is 1.50. The number of rotatable bonds is 7. The highest BCUT2D eigenvalue weighted by Gasteiger charge is 2.42. The SMILES string of the molecule is CCOC(=O)[C@H]1CCCN(C(=O)[C@H]2CCCN(c3cccc4c3C(=O)N(CC(C)(C)OC)C4=O)C2)C1. The zero-order chi connectivity index (χ0) is 26.0. The second-order valence-corrected chi connectivity index (χ2v) is 10.5. The molecule has 2 fully saturated rings. The van der Waals surface area contributed by atoms with Crippen molar-refractivity contribution in [3.05, 3.63) is 29.3 Å². The van der Waals surface area contributed by atoms with Gasteiger partial charge in [0, 0.05) is 33.3 Å². The highest BCUT2D eigenvalue weighted by Crippen LogP contribution is 2.35. The number of ether oxygens (including phenoxy) is 2. The number of carbonyl (C=O) groups excluding carboxylic acids is 4. The Kier molecular flexibility index (Phi) is 7.68. The summed E-state index contributed by atoms with van der Waals surface area (Å²) < 4.78 is 10.6. The van der Waals surface area contributed by atoms with Crippen LogP contribution in [0.5, 0.6) is 0 Å². The normalized spacial score (nSPS) is 22.6. The van der Waals surface area contributed by atoms with E-state index in [2.05, 4.69) is 4.90 Å². The van der Waals surface area contributed by atoms with Crippen molar-refractivity contribution in [3.63, 3.8) is 0 Å². The molecule has 0 aromatic heterocycles. The van der Waals surface area contributed by atoms with E-state index in [9.17, 15) is 19.2 Å². The summed E-state index contributed by atoms with van der Waals surface area (Å²) in [5.41, 5.74) is 0.838. The molecule has 0 spiro atoms. The van der Waals surface area contributed by atoms with Crippen molar-refractivity contribution in [1.29, 1.82) is 0 Å². The largest absolute Gasteiger partial charge is 0.466 e. The number of piperidine rings is 2. The lowest BCUT2D eigenvalue weighted by Gasteiger charge is -2.39. The molecular formula is C27H37N3O6. The third kappa shape index (κ3) is 5.12. The van der Waals surface area contributed by atoms with Gasteiger partial charge in [0.25, 0.3) is 11.8 Å². The van der Waals surface area contributed by atoms with Gasteiger partial charge >= 0.3 is 5.97 Å². The number of fused-ring (bicyclic) bond motifs is 1. The van der Waals surface area contributed by atoms with Gasteiger partial charge in [0.15, 0.2) is 0 Å². The predicted octanol–water partition coefficient (Wildman–Crippen LogP) is 2.73. The van der Waals surface area contributed by atoms with Crippen LogP contribution in [0.25, 0.3) is 0 Å². The topological polar surface area (TPSA) is 96.5 Å². The van der Waals surface area contributed by atoms with E-state index < -0.39 is 5.60 Å². The van der Waals surface area contributed by atoms with Crippen LogP contribution in [0.15, 0.2) is 18.2 Å². The van der Waals surface area contributed by atoms with Gasteiger partial charge < -0.3 is 19.3 Å². The van der Waals surface area contributed by atoms with Crippen LogP contribution < -0.4 is 4.90 Å². The number of hydrogen-bond acceptors (Lipinski definition) is 7. The summed E-state index contributed by atoms with van der Waals surface area (Å²) >= 11 is 0. The molecule has 0 aliphatic carbocycles. The Morgan fingerprint density at radius 1 is 1.03 bits per heavy atom. The quantitative estimate of drug-likeness (QED) is 0.420. The molecule has 0 unspecified atom stereocenters. The standard InChI is InChI=1S/C27H37N3O6/c1-5-36-26(34)19-10-8-14-29(16-19)23(31)18-9-7-13-28(15-18)21-12-6-11-20-22(21)25(33)30(24(20)32)17-27(2,3)35-4/h6,11-12,18-19H,5,7-10,13-17H2,1-4H3/t18-,19-/m0/s1. The number of amides is 3. The summed E-state index contributed by atoms with van der Waals surface area (Å²) in [5.74, 6) is -1.32. The molecule has 0 bridgehead atoms. The van der Waals surface area contributed by atoms with E-state index in [1.54, 1.807) is 31.1 Å². The van der Waals surface area contributed by atoms with Gasteiger partial charge in [-0.05, 0) is 58.6 Å². The monoisotopic (exact) mass is 499 g/mol. The second-order valence-electron chi connectivity index (χ2n) is 10.5. The van der Waals surface area contributed by atoms with Crippen LogP contribution in [0.2, 0.25) is 0 Å². The number of hydrogen-bond donors (Lipinski definition) is 0. The Labute approximate surface area is 212 Å². The van der Waals surface area contributed by atoms with Crippen LogP contribution in [-0.4, -0.2) is 85.5 Å². The van der Waals surface area contributed by atoms with E-state index in [1.165, 1.54) is 4.90 Å². The molecule has 1 aromatic rings. The molecule has 0 N–H and O–H groups in total. The number of nitrogens with zero attached hydrogens (tertiary/aromatic N) is 3. The van der Waals surface area contributed by atoms with Gasteiger partial charge in [0.05, 0.1) is 47.4 Å². The highest BCUT2D eigenvalue weighted by molar-refractivity contribution is 6.23. The molecule has 9 nitrogen and oxygen atoms in total. The number of methoxy groups -OCH3 is 1. The molecule has 1 aromatic carbocycles.